The third-order valence-electron chi connectivity index (χ3n) is 4.82. The zero-order chi connectivity index (χ0) is 22.5. The standard InChI is InChI=1S/C20H21N2O8P/c1-2-6-14-17(24)15(10-12-29-31(27)28)30-19(14)21-11-9-16(23)22(20(21)26)18(25)13-7-4-3-5-8-13/h2-5,7-12,14-15,17,19,24,31H,1,6H2,(H,27,28)/b12-10+/t14-,15-,17+,19-/m1/s1. The van der Waals surface area contributed by atoms with Crippen molar-refractivity contribution in [3.05, 3.63) is 94.0 Å². The highest BCUT2D eigenvalue weighted by molar-refractivity contribution is 7.32. The van der Waals surface area contributed by atoms with E-state index in [1.807, 2.05) is 0 Å². The van der Waals surface area contributed by atoms with Gasteiger partial charge in [0.2, 0.25) is 0 Å². The lowest BCUT2D eigenvalue weighted by molar-refractivity contribution is -0.00325. The molecule has 1 aliphatic heterocycles. The quantitative estimate of drug-likeness (QED) is 0.365. The van der Waals surface area contributed by atoms with Crippen LogP contribution in [0.3, 0.4) is 0 Å². The smallest absolute Gasteiger partial charge is 0.364 e. The molecule has 1 unspecified atom stereocenters. The van der Waals surface area contributed by atoms with Crippen LogP contribution in [0.2, 0.25) is 0 Å². The molecule has 11 heteroatoms. The van der Waals surface area contributed by atoms with Gasteiger partial charge in [0, 0.05) is 23.7 Å². The Balaban J connectivity index is 2.00. The third-order valence-corrected chi connectivity index (χ3v) is 5.16. The first-order valence-electron chi connectivity index (χ1n) is 9.29. The molecule has 0 amide bonds. The van der Waals surface area contributed by atoms with E-state index in [0.29, 0.717) is 4.57 Å². The van der Waals surface area contributed by atoms with Crippen molar-refractivity contribution in [1.29, 1.82) is 0 Å². The second-order valence-electron chi connectivity index (χ2n) is 6.73. The number of carbonyl (C=O) groups is 1. The van der Waals surface area contributed by atoms with Gasteiger partial charge in [-0.25, -0.2) is 9.36 Å². The Bertz CT molecular complexity index is 1120. The topological polar surface area (TPSA) is 137 Å². The van der Waals surface area contributed by atoms with E-state index in [2.05, 4.69) is 11.1 Å². The van der Waals surface area contributed by atoms with E-state index in [1.165, 1.54) is 30.5 Å². The average Bonchev–Trinajstić information content (AvgIpc) is 3.04. The van der Waals surface area contributed by atoms with Gasteiger partial charge in [-0.3, -0.25) is 14.2 Å². The van der Waals surface area contributed by atoms with Crippen LogP contribution in [0.4, 0.5) is 0 Å². The number of rotatable bonds is 7. The number of allylic oxidation sites excluding steroid dienone is 1. The lowest BCUT2D eigenvalue weighted by Gasteiger charge is -2.21. The molecule has 1 saturated heterocycles. The monoisotopic (exact) mass is 448 g/mol. The molecule has 0 spiro atoms. The van der Waals surface area contributed by atoms with Gasteiger partial charge in [-0.1, -0.05) is 24.3 Å². The number of benzene rings is 1. The highest BCUT2D eigenvalue weighted by Crippen LogP contribution is 2.37. The van der Waals surface area contributed by atoms with Crippen LogP contribution in [-0.2, 0) is 13.8 Å². The van der Waals surface area contributed by atoms with E-state index in [1.54, 1.807) is 18.2 Å². The van der Waals surface area contributed by atoms with Crippen molar-refractivity contribution in [2.45, 2.75) is 24.9 Å². The van der Waals surface area contributed by atoms with Crippen molar-refractivity contribution in [2.24, 2.45) is 5.92 Å². The Morgan fingerprint density at radius 1 is 1.26 bits per heavy atom. The lowest BCUT2D eigenvalue weighted by Crippen LogP contribution is -2.45. The average molecular weight is 448 g/mol. The van der Waals surface area contributed by atoms with E-state index in [-0.39, 0.29) is 12.0 Å². The van der Waals surface area contributed by atoms with Crippen molar-refractivity contribution in [3.63, 3.8) is 0 Å². The molecule has 1 fully saturated rings. The normalized spacial score (nSPS) is 24.2. The molecule has 2 aromatic rings. The van der Waals surface area contributed by atoms with Gasteiger partial charge in [0.25, 0.3) is 11.5 Å². The van der Waals surface area contributed by atoms with Crippen LogP contribution in [0.5, 0.6) is 0 Å². The first-order valence-corrected chi connectivity index (χ1v) is 10.6. The second kappa shape index (κ2) is 9.84. The van der Waals surface area contributed by atoms with Crippen molar-refractivity contribution in [2.75, 3.05) is 0 Å². The maximum atomic E-state index is 13.1. The summed E-state index contributed by atoms with van der Waals surface area (Å²) in [4.78, 5) is 46.9. The number of aliphatic hydroxyl groups excluding tert-OH is 1. The van der Waals surface area contributed by atoms with E-state index in [9.17, 15) is 24.1 Å². The maximum Gasteiger partial charge on any atom is 0.364 e. The molecule has 0 bridgehead atoms. The Kier molecular flexibility index (Phi) is 7.19. The molecule has 0 saturated carbocycles. The zero-order valence-electron chi connectivity index (χ0n) is 16.2. The molecule has 10 nitrogen and oxygen atoms in total. The van der Waals surface area contributed by atoms with Gasteiger partial charge >= 0.3 is 13.9 Å². The van der Waals surface area contributed by atoms with Crippen LogP contribution in [0, 0.1) is 5.92 Å². The predicted octanol–water partition coefficient (Wildman–Crippen LogP) is 1.06. The Morgan fingerprint density at radius 2 is 1.97 bits per heavy atom. The van der Waals surface area contributed by atoms with Crippen molar-refractivity contribution in [3.8, 4) is 0 Å². The van der Waals surface area contributed by atoms with Gasteiger partial charge in [-0.15, -0.1) is 6.58 Å². The third kappa shape index (κ3) is 4.83. The van der Waals surface area contributed by atoms with Gasteiger partial charge in [-0.2, -0.15) is 4.57 Å². The Morgan fingerprint density at radius 3 is 2.61 bits per heavy atom. The van der Waals surface area contributed by atoms with E-state index in [0.717, 1.165) is 16.9 Å². The fourth-order valence-electron chi connectivity index (χ4n) is 3.39. The van der Waals surface area contributed by atoms with Crippen LogP contribution >= 0.6 is 8.25 Å². The fraction of sp³-hybridized carbons (Fsp3) is 0.250. The van der Waals surface area contributed by atoms with Crippen LogP contribution in [0.25, 0.3) is 0 Å². The summed E-state index contributed by atoms with van der Waals surface area (Å²) in [5.41, 5.74) is -1.56. The van der Waals surface area contributed by atoms with Crippen LogP contribution in [-0.4, -0.2) is 37.2 Å². The minimum atomic E-state index is -3.20. The summed E-state index contributed by atoms with van der Waals surface area (Å²) in [5.74, 6) is -1.43. The molecule has 164 valence electrons. The Labute approximate surface area is 177 Å². The first-order chi connectivity index (χ1) is 14.8. The van der Waals surface area contributed by atoms with Crippen LogP contribution in [0.1, 0.15) is 23.0 Å². The zero-order valence-corrected chi connectivity index (χ0v) is 17.2. The molecule has 5 atom stereocenters. The number of aliphatic hydroxyl groups is 1. The summed E-state index contributed by atoms with van der Waals surface area (Å²) in [6.07, 6.45) is 2.07. The van der Waals surface area contributed by atoms with E-state index < -0.39 is 49.8 Å². The number of ether oxygens (including phenoxy) is 1. The molecule has 2 N–H and O–H groups in total. The molecule has 1 aliphatic rings. The summed E-state index contributed by atoms with van der Waals surface area (Å²) in [6, 6.07) is 8.94. The van der Waals surface area contributed by atoms with Gasteiger partial charge < -0.3 is 19.3 Å². The van der Waals surface area contributed by atoms with Crippen molar-refractivity contribution >= 4 is 14.2 Å². The van der Waals surface area contributed by atoms with Gasteiger partial charge in [-0.05, 0) is 24.6 Å². The lowest BCUT2D eigenvalue weighted by atomic mass is 9.96. The molecular formula is C20H21N2O8P. The number of carbonyl (C=O) groups excluding carboxylic acids is 1. The Hall–Kier alpha value is -3.04. The minimum Gasteiger partial charge on any atom is -0.435 e. The summed E-state index contributed by atoms with van der Waals surface area (Å²) in [7, 11) is -3.20. The van der Waals surface area contributed by atoms with E-state index >= 15 is 0 Å². The highest BCUT2D eigenvalue weighted by Gasteiger charge is 2.43. The molecular weight excluding hydrogens is 427 g/mol. The molecule has 31 heavy (non-hydrogen) atoms. The summed E-state index contributed by atoms with van der Waals surface area (Å²) in [6.45, 7) is 3.64. The fourth-order valence-corrected chi connectivity index (χ4v) is 3.59. The van der Waals surface area contributed by atoms with Crippen LogP contribution < -0.4 is 11.2 Å². The van der Waals surface area contributed by atoms with Crippen molar-refractivity contribution < 1.29 is 28.6 Å². The number of hydrogen-bond donors (Lipinski definition) is 2. The largest absolute Gasteiger partial charge is 0.435 e. The molecule has 0 radical (unpaired) electrons. The summed E-state index contributed by atoms with van der Waals surface area (Å²) < 4.78 is 22.5. The SMILES string of the molecule is C=CC[C@@H]1[C@H](O)[C@@H](/C=C/O[PH](=O)O)O[C@H]1n1ccc(=O)n(C(=O)c2ccccc2)c1=O. The number of hydrogen-bond acceptors (Lipinski definition) is 7. The van der Waals surface area contributed by atoms with Gasteiger partial charge in [0.1, 0.15) is 12.3 Å². The van der Waals surface area contributed by atoms with Crippen LogP contribution in [0.15, 0.2) is 77.2 Å². The maximum absolute atomic E-state index is 13.1. The second-order valence-corrected chi connectivity index (χ2v) is 7.50. The van der Waals surface area contributed by atoms with Gasteiger partial charge in [0.05, 0.1) is 12.4 Å². The number of aromatic nitrogens is 2. The molecule has 2 heterocycles. The molecule has 1 aromatic carbocycles. The first kappa shape index (κ1) is 22.6. The predicted molar refractivity (Wildman–Crippen MR) is 111 cm³/mol. The minimum absolute atomic E-state index is 0.159. The molecule has 3 rings (SSSR count). The van der Waals surface area contributed by atoms with Gasteiger partial charge in [0.15, 0.2) is 0 Å². The summed E-state index contributed by atoms with van der Waals surface area (Å²) in [5, 5.41) is 10.6. The number of nitrogens with zero attached hydrogens (tertiary/aromatic N) is 2. The molecule has 1 aromatic heterocycles. The highest BCUT2D eigenvalue weighted by atomic mass is 31.1. The van der Waals surface area contributed by atoms with E-state index in [4.69, 9.17) is 9.63 Å². The molecule has 0 aliphatic carbocycles. The summed E-state index contributed by atoms with van der Waals surface area (Å²) >= 11 is 0. The van der Waals surface area contributed by atoms with Crippen molar-refractivity contribution in [1.82, 2.24) is 9.13 Å².